The molecule has 4 nitrogen and oxygen atoms in total. The van der Waals surface area contributed by atoms with E-state index in [4.69, 9.17) is 15.0 Å². The largest absolute Gasteiger partial charge is 0.208 e. The van der Waals surface area contributed by atoms with Crippen molar-refractivity contribution in [3.63, 3.8) is 0 Å². The fourth-order valence-electron chi connectivity index (χ4n) is 9.00. The SMILES string of the molecule is CC[C@@H]1C[C@@H]2C[C@H](C)CC(c3ccc(-c4nc(-c5ccccc5)nc(-c5ccc(-c6ccccc6)c(-c6ccc(C#N)cc6)c5)n4)cc3)(C1)C2. The molecule has 2 aliphatic rings. The molecule has 1 aromatic heterocycles. The van der Waals surface area contributed by atoms with E-state index in [0.717, 1.165) is 56.7 Å². The molecular weight excluding hydrogens is 609 g/mol. The van der Waals surface area contributed by atoms with E-state index in [9.17, 15) is 5.26 Å². The lowest BCUT2D eigenvalue weighted by atomic mass is 9.54. The van der Waals surface area contributed by atoms with E-state index >= 15 is 0 Å². The molecule has 0 radical (unpaired) electrons. The van der Waals surface area contributed by atoms with Gasteiger partial charge in [-0.15, -0.1) is 0 Å². The fourth-order valence-corrected chi connectivity index (χ4v) is 9.00. The number of hydrogen-bond donors (Lipinski definition) is 0. The summed E-state index contributed by atoms with van der Waals surface area (Å²) in [5.74, 6) is 4.40. The van der Waals surface area contributed by atoms with Gasteiger partial charge in [0, 0.05) is 16.7 Å². The maximum absolute atomic E-state index is 9.44. The predicted octanol–water partition coefficient (Wildman–Crippen LogP) is 11.6. The first-order chi connectivity index (χ1) is 24.5. The molecule has 50 heavy (non-hydrogen) atoms. The molecule has 1 unspecified atom stereocenters. The third kappa shape index (κ3) is 6.25. The Morgan fingerprint density at radius 2 is 1.16 bits per heavy atom. The van der Waals surface area contributed by atoms with Gasteiger partial charge in [0.15, 0.2) is 17.5 Å². The van der Waals surface area contributed by atoms with Crippen molar-refractivity contribution in [2.45, 2.75) is 57.8 Å². The fraction of sp³-hybridized carbons (Fsp3) is 0.261. The highest BCUT2D eigenvalue weighted by Crippen LogP contribution is 2.54. The number of hydrogen-bond acceptors (Lipinski definition) is 4. The van der Waals surface area contributed by atoms with E-state index in [2.05, 4.69) is 98.8 Å². The minimum atomic E-state index is 0.279. The molecule has 0 spiro atoms. The average molecular weight is 651 g/mol. The zero-order valence-electron chi connectivity index (χ0n) is 28.9. The number of benzene rings is 5. The van der Waals surface area contributed by atoms with Gasteiger partial charge in [-0.2, -0.15) is 5.26 Å². The molecular formula is C46H42N4. The lowest BCUT2D eigenvalue weighted by Gasteiger charge is -2.51. The topological polar surface area (TPSA) is 62.5 Å². The monoisotopic (exact) mass is 650 g/mol. The molecule has 0 amide bonds. The normalized spacial score (nSPS) is 21.3. The summed E-state index contributed by atoms with van der Waals surface area (Å²) in [5, 5.41) is 9.44. The van der Waals surface area contributed by atoms with Crippen molar-refractivity contribution in [2.75, 3.05) is 0 Å². The van der Waals surface area contributed by atoms with Crippen LogP contribution < -0.4 is 0 Å². The van der Waals surface area contributed by atoms with Crippen LogP contribution in [0.15, 0.2) is 127 Å². The molecule has 5 aromatic carbocycles. The summed E-state index contributed by atoms with van der Waals surface area (Å²) in [6.07, 6.45) is 7.97. The van der Waals surface area contributed by atoms with Crippen molar-refractivity contribution in [1.29, 1.82) is 5.26 Å². The first-order valence-electron chi connectivity index (χ1n) is 18.1. The Bertz CT molecular complexity index is 2150. The predicted molar refractivity (Wildman–Crippen MR) is 203 cm³/mol. The molecule has 246 valence electrons. The minimum absolute atomic E-state index is 0.279. The van der Waals surface area contributed by atoms with Gasteiger partial charge >= 0.3 is 0 Å². The van der Waals surface area contributed by atoms with Crippen molar-refractivity contribution >= 4 is 0 Å². The second-order valence-electron chi connectivity index (χ2n) is 14.7. The van der Waals surface area contributed by atoms with E-state index in [1.54, 1.807) is 0 Å². The summed E-state index contributed by atoms with van der Waals surface area (Å²) < 4.78 is 0. The second kappa shape index (κ2) is 13.5. The van der Waals surface area contributed by atoms with Gasteiger partial charge in [0.05, 0.1) is 11.6 Å². The summed E-state index contributed by atoms with van der Waals surface area (Å²) in [4.78, 5) is 15.2. The molecule has 6 aromatic rings. The number of rotatable bonds is 7. The molecule has 0 N–H and O–H groups in total. The maximum Gasteiger partial charge on any atom is 0.164 e. The highest BCUT2D eigenvalue weighted by Gasteiger charge is 2.45. The van der Waals surface area contributed by atoms with Crippen LogP contribution in [0.25, 0.3) is 56.4 Å². The Labute approximate surface area is 296 Å². The molecule has 2 saturated carbocycles. The quantitative estimate of drug-likeness (QED) is 0.172. The van der Waals surface area contributed by atoms with Crippen molar-refractivity contribution in [3.8, 4) is 62.5 Å². The minimum Gasteiger partial charge on any atom is -0.208 e. The Hall–Kier alpha value is -5.40. The molecule has 4 atom stereocenters. The molecule has 4 heteroatoms. The molecule has 2 fully saturated rings. The first-order valence-corrected chi connectivity index (χ1v) is 18.1. The average Bonchev–Trinajstić information content (AvgIpc) is 3.17. The Morgan fingerprint density at radius 1 is 0.600 bits per heavy atom. The Kier molecular flexibility index (Phi) is 8.59. The van der Waals surface area contributed by atoms with Gasteiger partial charge in [-0.3, -0.25) is 0 Å². The van der Waals surface area contributed by atoms with Crippen molar-refractivity contribution in [2.24, 2.45) is 17.8 Å². The van der Waals surface area contributed by atoms with Gasteiger partial charge in [-0.1, -0.05) is 129 Å². The summed E-state index contributed by atoms with van der Waals surface area (Å²) >= 11 is 0. The van der Waals surface area contributed by atoms with Crippen molar-refractivity contribution < 1.29 is 0 Å². The van der Waals surface area contributed by atoms with Crippen LogP contribution >= 0.6 is 0 Å². The summed E-state index contributed by atoms with van der Waals surface area (Å²) in [6.45, 7) is 4.83. The Morgan fingerprint density at radius 3 is 1.80 bits per heavy atom. The van der Waals surface area contributed by atoms with Crippen LogP contribution in [0.5, 0.6) is 0 Å². The molecule has 8 rings (SSSR count). The molecule has 0 aliphatic heterocycles. The molecule has 1 heterocycles. The molecule has 2 bridgehead atoms. The van der Waals surface area contributed by atoms with Gasteiger partial charge in [-0.05, 0) is 101 Å². The van der Waals surface area contributed by atoms with Gasteiger partial charge in [0.2, 0.25) is 0 Å². The summed E-state index contributed by atoms with van der Waals surface area (Å²) in [5.41, 5.74) is 9.60. The second-order valence-corrected chi connectivity index (χ2v) is 14.7. The van der Waals surface area contributed by atoms with Crippen molar-refractivity contribution in [1.82, 2.24) is 15.0 Å². The lowest BCUT2D eigenvalue weighted by molar-refractivity contribution is 0.0702. The summed E-state index contributed by atoms with van der Waals surface area (Å²) in [6, 6.07) is 46.3. The third-order valence-electron chi connectivity index (χ3n) is 11.2. The Balaban J connectivity index is 1.22. The van der Waals surface area contributed by atoms with Crippen LogP contribution in [-0.2, 0) is 5.41 Å². The number of nitriles is 1. The third-order valence-corrected chi connectivity index (χ3v) is 11.2. The van der Waals surface area contributed by atoms with Crippen LogP contribution in [0.1, 0.15) is 63.5 Å². The van der Waals surface area contributed by atoms with Crippen LogP contribution in [0, 0.1) is 29.1 Å². The number of fused-ring (bicyclic) bond motifs is 2. The zero-order valence-corrected chi connectivity index (χ0v) is 28.9. The smallest absolute Gasteiger partial charge is 0.164 e. The van der Waals surface area contributed by atoms with Crippen LogP contribution in [0.2, 0.25) is 0 Å². The maximum atomic E-state index is 9.44. The van der Waals surface area contributed by atoms with E-state index in [1.807, 2.05) is 48.5 Å². The van der Waals surface area contributed by atoms with E-state index in [1.165, 1.54) is 44.1 Å². The highest BCUT2D eigenvalue weighted by molar-refractivity contribution is 5.86. The van der Waals surface area contributed by atoms with Gasteiger partial charge in [0.25, 0.3) is 0 Å². The van der Waals surface area contributed by atoms with Crippen LogP contribution in [0.3, 0.4) is 0 Å². The zero-order chi connectivity index (χ0) is 34.1. The van der Waals surface area contributed by atoms with Crippen LogP contribution in [-0.4, -0.2) is 15.0 Å². The summed E-state index contributed by atoms with van der Waals surface area (Å²) in [7, 11) is 0. The van der Waals surface area contributed by atoms with Crippen LogP contribution in [0.4, 0.5) is 0 Å². The van der Waals surface area contributed by atoms with Gasteiger partial charge < -0.3 is 0 Å². The number of nitrogens with zero attached hydrogens (tertiary/aromatic N) is 4. The van der Waals surface area contributed by atoms with Crippen molar-refractivity contribution in [3.05, 3.63) is 139 Å². The van der Waals surface area contributed by atoms with Gasteiger partial charge in [0.1, 0.15) is 0 Å². The molecule has 0 saturated heterocycles. The van der Waals surface area contributed by atoms with E-state index in [0.29, 0.717) is 23.0 Å². The van der Waals surface area contributed by atoms with Gasteiger partial charge in [-0.25, -0.2) is 15.0 Å². The van der Waals surface area contributed by atoms with E-state index in [-0.39, 0.29) is 5.41 Å². The first kappa shape index (κ1) is 31.8. The lowest BCUT2D eigenvalue weighted by Crippen LogP contribution is -2.42. The highest BCUT2D eigenvalue weighted by atomic mass is 15.0. The standard InChI is InChI=1S/C46H42N4/c1-3-32-25-34-24-31(2)27-46(28-32,29-34)40-21-18-38(19-22-40)44-48-43(37-12-8-5-9-13-37)49-45(50-44)39-20-23-41(35-10-6-4-7-11-35)42(26-39)36-16-14-33(30-47)15-17-36/h4-23,26,31-32,34H,3,24-25,27-29H2,1-2H3/t31-,32+,34-,46?/m0/s1. The number of aromatic nitrogens is 3. The molecule has 2 aliphatic carbocycles. The van der Waals surface area contributed by atoms with E-state index < -0.39 is 0 Å².